The second-order valence-electron chi connectivity index (χ2n) is 3.29. The Hall–Kier alpha value is 0.390. The summed E-state index contributed by atoms with van der Waals surface area (Å²) in [6, 6.07) is 0. The summed E-state index contributed by atoms with van der Waals surface area (Å²) in [5.41, 5.74) is 0. The molecule has 0 saturated carbocycles. The fourth-order valence-corrected chi connectivity index (χ4v) is 3.14. The Balaban J connectivity index is 2.53. The highest BCUT2D eigenvalue weighted by Gasteiger charge is 2.28. The van der Waals surface area contributed by atoms with Crippen LogP contribution in [0.5, 0.6) is 0 Å². The van der Waals surface area contributed by atoms with Crippen LogP contribution >= 0.6 is 15.9 Å². The minimum atomic E-state index is -2.88. The van der Waals surface area contributed by atoms with Gasteiger partial charge in [-0.15, -0.1) is 0 Å². The first-order valence-electron chi connectivity index (χ1n) is 4.10. The normalized spacial score (nSPS) is 25.8. The zero-order valence-electron chi connectivity index (χ0n) is 7.16. The summed E-state index contributed by atoms with van der Waals surface area (Å²) >= 11 is 3.34. The predicted molar refractivity (Wildman–Crippen MR) is 52.9 cm³/mol. The SMILES string of the molecule is CC(CBr)CN1CCCS1(=O)=O. The van der Waals surface area contributed by atoms with Gasteiger partial charge in [0.15, 0.2) is 0 Å². The maximum atomic E-state index is 11.3. The van der Waals surface area contributed by atoms with Crippen molar-refractivity contribution < 1.29 is 8.42 Å². The summed E-state index contributed by atoms with van der Waals surface area (Å²) < 4.78 is 24.2. The van der Waals surface area contributed by atoms with Crippen molar-refractivity contribution in [3.05, 3.63) is 0 Å². The van der Waals surface area contributed by atoms with Crippen LogP contribution in [-0.4, -0.2) is 36.9 Å². The van der Waals surface area contributed by atoms with Crippen molar-refractivity contribution in [3.63, 3.8) is 0 Å². The Morgan fingerprint density at radius 2 is 2.25 bits per heavy atom. The third-order valence-electron chi connectivity index (χ3n) is 1.98. The molecule has 1 heterocycles. The molecule has 12 heavy (non-hydrogen) atoms. The van der Waals surface area contributed by atoms with Gasteiger partial charge in [0.1, 0.15) is 0 Å². The minimum Gasteiger partial charge on any atom is -0.212 e. The molecule has 0 N–H and O–H groups in total. The summed E-state index contributed by atoms with van der Waals surface area (Å²) in [6.45, 7) is 3.41. The van der Waals surface area contributed by atoms with Gasteiger partial charge in [0.2, 0.25) is 10.0 Å². The first-order valence-corrected chi connectivity index (χ1v) is 6.83. The molecule has 1 atom stereocenters. The van der Waals surface area contributed by atoms with Gasteiger partial charge in [-0.2, -0.15) is 0 Å². The fourth-order valence-electron chi connectivity index (χ4n) is 1.29. The fraction of sp³-hybridized carbons (Fsp3) is 1.00. The summed E-state index contributed by atoms with van der Waals surface area (Å²) in [6.07, 6.45) is 0.789. The Morgan fingerprint density at radius 3 is 2.67 bits per heavy atom. The second-order valence-corrected chi connectivity index (χ2v) is 6.02. The van der Waals surface area contributed by atoms with Gasteiger partial charge in [-0.05, 0) is 12.3 Å². The van der Waals surface area contributed by atoms with Crippen LogP contribution < -0.4 is 0 Å². The molecule has 1 saturated heterocycles. The van der Waals surface area contributed by atoms with Gasteiger partial charge >= 0.3 is 0 Å². The van der Waals surface area contributed by atoms with Crippen molar-refractivity contribution in [1.82, 2.24) is 4.31 Å². The highest BCUT2D eigenvalue weighted by molar-refractivity contribution is 9.09. The molecule has 0 aromatic rings. The first kappa shape index (κ1) is 10.5. The van der Waals surface area contributed by atoms with Gasteiger partial charge in [-0.1, -0.05) is 22.9 Å². The first-order chi connectivity index (χ1) is 5.56. The number of nitrogens with zero attached hydrogens (tertiary/aromatic N) is 1. The smallest absolute Gasteiger partial charge is 0.212 e. The lowest BCUT2D eigenvalue weighted by Crippen LogP contribution is -2.30. The van der Waals surface area contributed by atoms with Crippen LogP contribution in [0.4, 0.5) is 0 Å². The molecular formula is C7H14BrNO2S. The Bertz CT molecular complexity index is 240. The monoisotopic (exact) mass is 255 g/mol. The van der Waals surface area contributed by atoms with E-state index in [2.05, 4.69) is 15.9 Å². The van der Waals surface area contributed by atoms with Gasteiger partial charge in [0.05, 0.1) is 5.75 Å². The number of sulfonamides is 1. The maximum Gasteiger partial charge on any atom is 0.214 e. The average molecular weight is 256 g/mol. The molecule has 0 amide bonds. The van der Waals surface area contributed by atoms with E-state index in [0.29, 0.717) is 24.8 Å². The third kappa shape index (κ3) is 2.44. The van der Waals surface area contributed by atoms with E-state index in [-0.39, 0.29) is 0 Å². The van der Waals surface area contributed by atoms with Crippen molar-refractivity contribution in [2.45, 2.75) is 13.3 Å². The van der Waals surface area contributed by atoms with Gasteiger partial charge < -0.3 is 0 Å². The van der Waals surface area contributed by atoms with Crippen molar-refractivity contribution >= 4 is 26.0 Å². The molecule has 1 fully saturated rings. The molecule has 0 bridgehead atoms. The van der Waals surface area contributed by atoms with E-state index in [1.54, 1.807) is 4.31 Å². The highest BCUT2D eigenvalue weighted by Crippen LogP contribution is 2.15. The molecule has 0 aromatic carbocycles. The van der Waals surface area contributed by atoms with Crippen LogP contribution in [0.15, 0.2) is 0 Å². The molecule has 1 unspecified atom stereocenters. The van der Waals surface area contributed by atoms with Gasteiger partial charge in [-0.25, -0.2) is 12.7 Å². The van der Waals surface area contributed by atoms with E-state index >= 15 is 0 Å². The molecule has 0 aromatic heterocycles. The number of alkyl halides is 1. The van der Waals surface area contributed by atoms with Crippen LogP contribution in [0.1, 0.15) is 13.3 Å². The van der Waals surface area contributed by atoms with Crippen molar-refractivity contribution in [1.29, 1.82) is 0 Å². The maximum absolute atomic E-state index is 11.3. The highest BCUT2D eigenvalue weighted by atomic mass is 79.9. The van der Waals surface area contributed by atoms with Crippen LogP contribution in [0.2, 0.25) is 0 Å². The lowest BCUT2D eigenvalue weighted by atomic mass is 10.2. The number of halogens is 1. The van der Waals surface area contributed by atoms with E-state index in [0.717, 1.165) is 11.8 Å². The lowest BCUT2D eigenvalue weighted by Gasteiger charge is -2.17. The third-order valence-corrected chi connectivity index (χ3v) is 5.01. The predicted octanol–water partition coefficient (Wildman–Crippen LogP) is 1.05. The van der Waals surface area contributed by atoms with Crippen molar-refractivity contribution in [2.24, 2.45) is 5.92 Å². The molecular weight excluding hydrogens is 242 g/mol. The molecule has 0 aliphatic carbocycles. The quantitative estimate of drug-likeness (QED) is 0.708. The zero-order valence-corrected chi connectivity index (χ0v) is 9.57. The van der Waals surface area contributed by atoms with E-state index in [4.69, 9.17) is 0 Å². The summed E-state index contributed by atoms with van der Waals surface area (Å²) in [4.78, 5) is 0. The molecule has 5 heteroatoms. The van der Waals surface area contributed by atoms with Crippen LogP contribution in [0, 0.1) is 5.92 Å². The minimum absolute atomic E-state index is 0.335. The lowest BCUT2D eigenvalue weighted by molar-refractivity contribution is 0.396. The Morgan fingerprint density at radius 1 is 1.58 bits per heavy atom. The number of hydrogen-bond acceptors (Lipinski definition) is 2. The molecule has 3 nitrogen and oxygen atoms in total. The van der Waals surface area contributed by atoms with Crippen molar-refractivity contribution in [2.75, 3.05) is 24.2 Å². The topological polar surface area (TPSA) is 37.4 Å². The molecule has 72 valence electrons. The largest absolute Gasteiger partial charge is 0.214 e. The zero-order chi connectivity index (χ0) is 9.19. The summed E-state index contributed by atoms with van der Waals surface area (Å²) in [5.74, 6) is 0.736. The Labute approximate surface area is 82.3 Å². The van der Waals surface area contributed by atoms with Gasteiger partial charge in [-0.3, -0.25) is 0 Å². The molecule has 1 aliphatic rings. The van der Waals surface area contributed by atoms with E-state index < -0.39 is 10.0 Å². The molecule has 1 aliphatic heterocycles. The second kappa shape index (κ2) is 4.07. The van der Waals surface area contributed by atoms with Crippen LogP contribution in [0.25, 0.3) is 0 Å². The van der Waals surface area contributed by atoms with Crippen LogP contribution in [0.3, 0.4) is 0 Å². The number of hydrogen-bond donors (Lipinski definition) is 0. The molecule has 0 spiro atoms. The van der Waals surface area contributed by atoms with E-state index in [9.17, 15) is 8.42 Å². The van der Waals surface area contributed by atoms with E-state index in [1.165, 1.54) is 0 Å². The standard InChI is InChI=1S/C7H14BrNO2S/c1-7(5-8)6-9-3-2-4-12(9,10)11/h7H,2-6H2,1H3. The molecule has 0 radical (unpaired) electrons. The summed E-state index contributed by atoms with van der Waals surface area (Å²) in [5, 5.41) is 0.860. The van der Waals surface area contributed by atoms with Crippen molar-refractivity contribution in [3.8, 4) is 0 Å². The van der Waals surface area contributed by atoms with Crippen LogP contribution in [-0.2, 0) is 10.0 Å². The van der Waals surface area contributed by atoms with Gasteiger partial charge in [0.25, 0.3) is 0 Å². The van der Waals surface area contributed by atoms with Gasteiger partial charge in [0, 0.05) is 18.4 Å². The average Bonchev–Trinajstić information content (AvgIpc) is 2.31. The Kier molecular flexibility index (Phi) is 3.55. The van der Waals surface area contributed by atoms with E-state index in [1.807, 2.05) is 6.92 Å². The summed E-state index contributed by atoms with van der Waals surface area (Å²) in [7, 11) is -2.88. The molecule has 1 rings (SSSR count). The number of rotatable bonds is 3.